The summed E-state index contributed by atoms with van der Waals surface area (Å²) in [6, 6.07) is 11.4. The second-order valence-corrected chi connectivity index (χ2v) is 9.05. The summed E-state index contributed by atoms with van der Waals surface area (Å²) in [5.74, 6) is 1.03. The van der Waals surface area contributed by atoms with Gasteiger partial charge in [-0.15, -0.1) is 0 Å². The summed E-state index contributed by atoms with van der Waals surface area (Å²) in [6.07, 6.45) is 5.83. The molecule has 2 fully saturated rings. The topological polar surface area (TPSA) is 58.9 Å². The number of aryl methyl sites for hydroxylation is 1. The second kappa shape index (κ2) is 7.53. The SMILES string of the molecule is Cc1cc(N2CC3CCC(C2)N3)nc2c1nc(-c1cc(Cl)ccc1F)n2-c1ccncc1. The fourth-order valence-electron chi connectivity index (χ4n) is 4.92. The number of benzene rings is 1. The maximum atomic E-state index is 14.9. The minimum Gasteiger partial charge on any atom is -0.353 e. The van der Waals surface area contributed by atoms with Crippen LogP contribution in [0.4, 0.5) is 10.2 Å². The van der Waals surface area contributed by atoms with Crippen molar-refractivity contribution in [1.82, 2.24) is 24.8 Å². The lowest BCUT2D eigenvalue weighted by atomic mass is 10.2. The maximum Gasteiger partial charge on any atom is 0.167 e. The molecule has 2 unspecified atom stereocenters. The van der Waals surface area contributed by atoms with Crippen LogP contribution in [0.25, 0.3) is 28.2 Å². The van der Waals surface area contributed by atoms with E-state index in [1.54, 1.807) is 24.5 Å². The van der Waals surface area contributed by atoms with Gasteiger partial charge in [-0.2, -0.15) is 0 Å². The first kappa shape index (κ1) is 19.6. The van der Waals surface area contributed by atoms with Crippen molar-refractivity contribution in [3.63, 3.8) is 0 Å². The number of halogens is 2. The normalized spacial score (nSPS) is 20.3. The number of aromatic nitrogens is 4. The molecule has 3 aromatic heterocycles. The van der Waals surface area contributed by atoms with E-state index in [1.807, 2.05) is 23.6 Å². The first-order valence-electron chi connectivity index (χ1n) is 10.8. The molecule has 0 aliphatic carbocycles. The number of hydrogen-bond acceptors (Lipinski definition) is 5. The molecule has 0 radical (unpaired) electrons. The average Bonchev–Trinajstić information content (AvgIpc) is 3.35. The van der Waals surface area contributed by atoms with E-state index in [0.29, 0.717) is 34.1 Å². The summed E-state index contributed by atoms with van der Waals surface area (Å²) in [7, 11) is 0. The van der Waals surface area contributed by atoms with Crippen molar-refractivity contribution >= 4 is 28.6 Å². The van der Waals surface area contributed by atoms with Gasteiger partial charge in [-0.3, -0.25) is 9.55 Å². The van der Waals surface area contributed by atoms with Crippen LogP contribution in [-0.2, 0) is 0 Å². The second-order valence-electron chi connectivity index (χ2n) is 8.61. The van der Waals surface area contributed by atoms with Gasteiger partial charge in [0.1, 0.15) is 23.0 Å². The number of anilines is 1. The monoisotopic (exact) mass is 448 g/mol. The molecule has 0 spiro atoms. The van der Waals surface area contributed by atoms with Crippen LogP contribution in [0.15, 0.2) is 48.8 Å². The number of piperazine rings is 1. The van der Waals surface area contributed by atoms with Gasteiger partial charge < -0.3 is 10.2 Å². The summed E-state index contributed by atoms with van der Waals surface area (Å²) in [5.41, 5.74) is 3.62. The van der Waals surface area contributed by atoms with Crippen LogP contribution in [0.1, 0.15) is 18.4 Å². The van der Waals surface area contributed by atoms with Crippen molar-refractivity contribution in [1.29, 1.82) is 0 Å². The van der Waals surface area contributed by atoms with Gasteiger partial charge >= 0.3 is 0 Å². The molecule has 162 valence electrons. The van der Waals surface area contributed by atoms with E-state index < -0.39 is 0 Å². The summed E-state index contributed by atoms with van der Waals surface area (Å²) >= 11 is 6.21. The van der Waals surface area contributed by atoms with E-state index in [-0.39, 0.29) is 5.82 Å². The number of imidazole rings is 1. The predicted octanol–water partition coefficient (Wildman–Crippen LogP) is 4.52. The van der Waals surface area contributed by atoms with Crippen molar-refractivity contribution < 1.29 is 4.39 Å². The van der Waals surface area contributed by atoms with Crippen LogP contribution >= 0.6 is 11.6 Å². The third kappa shape index (κ3) is 3.24. The fourth-order valence-corrected chi connectivity index (χ4v) is 5.09. The lowest BCUT2D eigenvalue weighted by Crippen LogP contribution is -2.51. The Morgan fingerprint density at radius 1 is 1.03 bits per heavy atom. The molecule has 0 amide bonds. The lowest BCUT2D eigenvalue weighted by molar-refractivity contribution is 0.463. The first-order chi connectivity index (χ1) is 15.6. The molecule has 2 bridgehead atoms. The van der Waals surface area contributed by atoms with Crippen molar-refractivity contribution in [3.05, 3.63) is 65.2 Å². The Labute approximate surface area is 190 Å². The van der Waals surface area contributed by atoms with Crippen LogP contribution in [0.2, 0.25) is 5.02 Å². The summed E-state index contributed by atoms with van der Waals surface area (Å²) in [4.78, 5) is 16.4. The van der Waals surface area contributed by atoms with Crippen LogP contribution in [0.3, 0.4) is 0 Å². The molecule has 4 aromatic rings. The minimum absolute atomic E-state index is 0.341. The Balaban J connectivity index is 1.59. The van der Waals surface area contributed by atoms with Gasteiger partial charge in [0, 0.05) is 42.6 Å². The molecule has 8 heteroatoms. The van der Waals surface area contributed by atoms with Crippen molar-refractivity contribution in [2.45, 2.75) is 31.8 Å². The Morgan fingerprint density at radius 2 is 1.78 bits per heavy atom. The Morgan fingerprint density at radius 3 is 2.53 bits per heavy atom. The Bertz CT molecular complexity index is 1310. The lowest BCUT2D eigenvalue weighted by Gasteiger charge is -2.33. The summed E-state index contributed by atoms with van der Waals surface area (Å²) in [5, 5.41) is 4.12. The van der Waals surface area contributed by atoms with E-state index in [4.69, 9.17) is 21.6 Å². The number of rotatable bonds is 3. The van der Waals surface area contributed by atoms with E-state index in [2.05, 4.69) is 21.3 Å². The molecule has 2 saturated heterocycles. The van der Waals surface area contributed by atoms with E-state index in [1.165, 1.54) is 18.9 Å². The van der Waals surface area contributed by atoms with Crippen molar-refractivity contribution in [2.24, 2.45) is 0 Å². The number of nitrogens with one attached hydrogen (secondary N) is 1. The van der Waals surface area contributed by atoms with Gasteiger partial charge in [-0.05, 0) is 61.7 Å². The molecular formula is C24H22ClFN6. The zero-order chi connectivity index (χ0) is 21.8. The molecular weight excluding hydrogens is 427 g/mol. The quantitative estimate of drug-likeness (QED) is 0.499. The summed E-state index contributed by atoms with van der Waals surface area (Å²) in [6.45, 7) is 3.91. The number of fused-ring (bicyclic) bond motifs is 3. The van der Waals surface area contributed by atoms with Crippen LogP contribution in [0, 0.1) is 12.7 Å². The number of pyridine rings is 2. The molecule has 0 saturated carbocycles. The van der Waals surface area contributed by atoms with E-state index in [9.17, 15) is 4.39 Å². The van der Waals surface area contributed by atoms with Gasteiger partial charge in [0.25, 0.3) is 0 Å². The molecule has 5 heterocycles. The maximum absolute atomic E-state index is 14.9. The van der Waals surface area contributed by atoms with E-state index >= 15 is 0 Å². The van der Waals surface area contributed by atoms with Gasteiger partial charge in [-0.1, -0.05) is 11.6 Å². The summed E-state index contributed by atoms with van der Waals surface area (Å²) < 4.78 is 16.8. The smallest absolute Gasteiger partial charge is 0.167 e. The van der Waals surface area contributed by atoms with Crippen LogP contribution < -0.4 is 10.2 Å². The molecule has 32 heavy (non-hydrogen) atoms. The first-order valence-corrected chi connectivity index (χ1v) is 11.2. The molecule has 6 rings (SSSR count). The van der Waals surface area contributed by atoms with Gasteiger partial charge in [-0.25, -0.2) is 14.4 Å². The van der Waals surface area contributed by atoms with Crippen molar-refractivity contribution in [3.8, 4) is 17.1 Å². The molecule has 2 atom stereocenters. The molecule has 6 nitrogen and oxygen atoms in total. The fraction of sp³-hybridized carbons (Fsp3) is 0.292. The highest BCUT2D eigenvalue weighted by atomic mass is 35.5. The van der Waals surface area contributed by atoms with Crippen LogP contribution in [-0.4, -0.2) is 44.7 Å². The predicted molar refractivity (Wildman–Crippen MR) is 124 cm³/mol. The standard InChI is InChI=1S/C24H22ClFN6/c1-14-10-21(31-12-16-3-4-17(13-31)28-16)29-24-22(14)30-23(19-11-15(25)2-5-20(19)26)32(24)18-6-8-27-9-7-18/h2,5-11,16-17,28H,3-4,12-13H2,1H3. The van der Waals surface area contributed by atoms with Gasteiger partial charge in [0.05, 0.1) is 11.3 Å². The molecule has 1 aromatic carbocycles. The van der Waals surface area contributed by atoms with Crippen LogP contribution in [0.5, 0.6) is 0 Å². The molecule has 1 N–H and O–H groups in total. The highest BCUT2D eigenvalue weighted by Crippen LogP contribution is 2.34. The Hall–Kier alpha value is -3.03. The van der Waals surface area contributed by atoms with E-state index in [0.717, 1.165) is 35.7 Å². The largest absolute Gasteiger partial charge is 0.353 e. The minimum atomic E-state index is -0.378. The van der Waals surface area contributed by atoms with Gasteiger partial charge in [0.15, 0.2) is 5.65 Å². The van der Waals surface area contributed by atoms with Crippen molar-refractivity contribution in [2.75, 3.05) is 18.0 Å². The zero-order valence-electron chi connectivity index (χ0n) is 17.6. The Kier molecular flexibility index (Phi) is 4.62. The third-order valence-corrected chi connectivity index (χ3v) is 6.66. The highest BCUT2D eigenvalue weighted by molar-refractivity contribution is 6.30. The third-order valence-electron chi connectivity index (χ3n) is 6.42. The average molecular weight is 449 g/mol. The molecule has 2 aliphatic heterocycles. The molecule has 2 aliphatic rings. The highest BCUT2D eigenvalue weighted by Gasteiger charge is 2.33. The van der Waals surface area contributed by atoms with Gasteiger partial charge in [0.2, 0.25) is 0 Å². The number of hydrogen-bond donors (Lipinski definition) is 1. The zero-order valence-corrected chi connectivity index (χ0v) is 18.3. The number of nitrogens with zero attached hydrogens (tertiary/aromatic N) is 5.